The number of rotatable bonds is 9. The molecule has 0 amide bonds. The van der Waals surface area contributed by atoms with Crippen molar-refractivity contribution in [2.45, 2.75) is 111 Å². The number of hydrogen-bond donors (Lipinski definition) is 1. The van der Waals surface area contributed by atoms with Gasteiger partial charge in [-0.1, -0.05) is 118 Å². The van der Waals surface area contributed by atoms with E-state index in [4.69, 9.17) is 15.2 Å². The maximum Gasteiger partial charge on any atom is 0.336 e. The highest BCUT2D eigenvalue weighted by Crippen LogP contribution is 2.41. The molecule has 2 aliphatic rings. The van der Waals surface area contributed by atoms with Gasteiger partial charge in [-0.25, -0.2) is 9.78 Å². The molecule has 2 aromatic heterocycles. The molecule has 2 saturated carbocycles. The van der Waals surface area contributed by atoms with Crippen LogP contribution in [0.25, 0.3) is 22.2 Å². The molecule has 1 N–H and O–H groups in total. The maximum atomic E-state index is 11.8. The van der Waals surface area contributed by atoms with Crippen LogP contribution in [0.2, 0.25) is 0 Å². The smallest absolute Gasteiger partial charge is 0.336 e. The van der Waals surface area contributed by atoms with Crippen molar-refractivity contribution in [2.24, 2.45) is 0 Å². The number of thioether (sulfide) groups is 2. The zero-order valence-corrected chi connectivity index (χ0v) is 26.2. The number of benzene rings is 2. The number of carboxylic acid groups (broad SMARTS) is 1. The third-order valence-corrected chi connectivity index (χ3v) is 11.2. The van der Waals surface area contributed by atoms with E-state index in [1.54, 1.807) is 12.1 Å². The molecule has 0 bridgehead atoms. The maximum absolute atomic E-state index is 11.8. The van der Waals surface area contributed by atoms with E-state index in [-0.39, 0.29) is 5.92 Å². The van der Waals surface area contributed by atoms with Crippen LogP contribution in [0.4, 0.5) is 0 Å². The summed E-state index contributed by atoms with van der Waals surface area (Å²) in [7, 11) is 0. The Morgan fingerprint density at radius 2 is 1.45 bits per heavy atom. The van der Waals surface area contributed by atoms with Gasteiger partial charge in [-0.05, 0) is 48.4 Å². The molecule has 0 spiro atoms. The Hall–Kier alpha value is -2.84. The van der Waals surface area contributed by atoms with E-state index in [2.05, 4.69) is 30.5 Å². The van der Waals surface area contributed by atoms with Crippen LogP contribution in [0.3, 0.4) is 0 Å². The number of carboxylic acids is 1. The molecule has 0 unspecified atom stereocenters. The van der Waals surface area contributed by atoms with Gasteiger partial charge in [0.05, 0.1) is 5.56 Å². The highest BCUT2D eigenvalue weighted by atomic mass is 32.2. The summed E-state index contributed by atoms with van der Waals surface area (Å²) >= 11 is 3.79. The fraction of sp³-hybridized carbons (Fsp3) is 0.471. The average molecular weight is 601 g/mol. The second-order valence-electron chi connectivity index (χ2n) is 12.0. The molecular formula is C34H40N4O2S2. The standard InChI is InChI=1S/C34H40N4O2S2/c1-22(2)31-35-29-30(38(31)21-23-17-19-24(20-18-23)27-15-9-10-16-28(27)34(39)40)33(42-26-13-7-4-8-14-26)37-36-32(29)41-25-11-5-3-6-12-25/h9-10,15-20,22,25-26H,3-8,11-14,21H2,1-2H3,(H,39,40). The van der Waals surface area contributed by atoms with Crippen molar-refractivity contribution in [3.8, 4) is 11.1 Å². The summed E-state index contributed by atoms with van der Waals surface area (Å²) in [5.41, 5.74) is 5.25. The number of imidazole rings is 1. The summed E-state index contributed by atoms with van der Waals surface area (Å²) < 4.78 is 2.38. The number of aromatic nitrogens is 4. The minimum absolute atomic E-state index is 0.249. The Kier molecular flexibility index (Phi) is 9.20. The van der Waals surface area contributed by atoms with Crippen LogP contribution in [-0.2, 0) is 6.54 Å². The van der Waals surface area contributed by atoms with Crippen molar-refractivity contribution in [1.29, 1.82) is 0 Å². The number of nitrogens with zero attached hydrogens (tertiary/aromatic N) is 4. The normalized spacial score (nSPS) is 16.8. The minimum Gasteiger partial charge on any atom is -0.478 e. The Labute approximate surface area is 257 Å². The van der Waals surface area contributed by atoms with Crippen molar-refractivity contribution < 1.29 is 9.90 Å². The zero-order valence-electron chi connectivity index (χ0n) is 24.6. The average Bonchev–Trinajstić information content (AvgIpc) is 3.40. The molecule has 2 aromatic carbocycles. The lowest BCUT2D eigenvalue weighted by molar-refractivity contribution is 0.0697. The SMILES string of the molecule is CC(C)c1nc2c(SC3CCCCC3)nnc(SC3CCCCC3)c2n1Cc1ccc(-c2ccccc2C(=O)O)cc1. The van der Waals surface area contributed by atoms with Crippen LogP contribution in [0.1, 0.15) is 106 Å². The van der Waals surface area contributed by atoms with E-state index in [9.17, 15) is 9.90 Å². The molecule has 6 nitrogen and oxygen atoms in total. The lowest BCUT2D eigenvalue weighted by atomic mass is 9.98. The first-order valence-corrected chi connectivity index (χ1v) is 17.3. The van der Waals surface area contributed by atoms with Crippen molar-refractivity contribution in [3.63, 3.8) is 0 Å². The first-order valence-electron chi connectivity index (χ1n) is 15.5. The van der Waals surface area contributed by atoms with Crippen molar-refractivity contribution >= 4 is 40.5 Å². The lowest BCUT2D eigenvalue weighted by Crippen LogP contribution is -2.11. The quantitative estimate of drug-likeness (QED) is 0.205. The molecule has 42 heavy (non-hydrogen) atoms. The lowest BCUT2D eigenvalue weighted by Gasteiger charge is -2.22. The predicted molar refractivity (Wildman–Crippen MR) is 173 cm³/mol. The third-order valence-electron chi connectivity index (χ3n) is 8.57. The van der Waals surface area contributed by atoms with Crippen LogP contribution in [0, 0.1) is 0 Å². The van der Waals surface area contributed by atoms with Crippen LogP contribution >= 0.6 is 23.5 Å². The summed E-state index contributed by atoms with van der Waals surface area (Å²) in [6.45, 7) is 5.11. The molecule has 0 radical (unpaired) electrons. The molecule has 2 aliphatic carbocycles. The molecule has 220 valence electrons. The highest BCUT2D eigenvalue weighted by Gasteiger charge is 2.26. The van der Waals surface area contributed by atoms with Crippen LogP contribution in [0.5, 0.6) is 0 Å². The van der Waals surface area contributed by atoms with E-state index in [0.717, 1.165) is 43.6 Å². The van der Waals surface area contributed by atoms with Gasteiger partial charge in [-0.2, -0.15) is 0 Å². The first kappa shape index (κ1) is 29.2. The molecule has 0 aliphatic heterocycles. The van der Waals surface area contributed by atoms with Crippen molar-refractivity contribution in [2.75, 3.05) is 0 Å². The fourth-order valence-corrected chi connectivity index (χ4v) is 8.87. The Bertz CT molecular complexity index is 1540. The largest absolute Gasteiger partial charge is 0.478 e. The number of carbonyl (C=O) groups is 1. The van der Waals surface area contributed by atoms with Crippen LogP contribution in [-0.4, -0.2) is 41.3 Å². The summed E-state index contributed by atoms with van der Waals surface area (Å²) in [5.74, 6) is 0.405. The zero-order chi connectivity index (χ0) is 29.1. The van der Waals surface area contributed by atoms with Gasteiger partial charge < -0.3 is 9.67 Å². The van der Waals surface area contributed by atoms with Gasteiger partial charge in [0, 0.05) is 23.0 Å². The summed E-state index contributed by atoms with van der Waals surface area (Å²) in [4.78, 5) is 17.1. The molecule has 2 fully saturated rings. The minimum atomic E-state index is -0.910. The Morgan fingerprint density at radius 1 is 0.857 bits per heavy atom. The van der Waals surface area contributed by atoms with E-state index < -0.39 is 5.97 Å². The highest BCUT2D eigenvalue weighted by molar-refractivity contribution is 8.00. The van der Waals surface area contributed by atoms with Crippen molar-refractivity contribution in [3.05, 3.63) is 65.5 Å². The van der Waals surface area contributed by atoms with Gasteiger partial charge in [0.1, 0.15) is 26.9 Å². The van der Waals surface area contributed by atoms with Gasteiger partial charge in [0.2, 0.25) is 0 Å². The number of hydrogen-bond acceptors (Lipinski definition) is 6. The number of fused-ring (bicyclic) bond motifs is 1. The molecular weight excluding hydrogens is 561 g/mol. The monoisotopic (exact) mass is 600 g/mol. The summed E-state index contributed by atoms with van der Waals surface area (Å²) in [6.07, 6.45) is 12.8. The van der Waals surface area contributed by atoms with Crippen LogP contribution < -0.4 is 0 Å². The second-order valence-corrected chi connectivity index (χ2v) is 14.6. The third kappa shape index (κ3) is 6.40. The van der Waals surface area contributed by atoms with Gasteiger partial charge in [0.15, 0.2) is 0 Å². The molecule has 6 rings (SSSR count). The molecule has 0 saturated heterocycles. The van der Waals surface area contributed by atoms with E-state index >= 15 is 0 Å². The van der Waals surface area contributed by atoms with Crippen LogP contribution in [0.15, 0.2) is 58.6 Å². The van der Waals surface area contributed by atoms with E-state index in [1.807, 2.05) is 47.8 Å². The van der Waals surface area contributed by atoms with Gasteiger partial charge in [-0.15, -0.1) is 10.2 Å². The number of aromatic carboxylic acids is 1. The Balaban J connectivity index is 1.39. The first-order chi connectivity index (χ1) is 20.5. The van der Waals surface area contributed by atoms with Crippen molar-refractivity contribution in [1.82, 2.24) is 19.7 Å². The van der Waals surface area contributed by atoms with E-state index in [1.165, 1.54) is 64.2 Å². The second kappa shape index (κ2) is 13.2. The van der Waals surface area contributed by atoms with Gasteiger partial charge in [-0.3, -0.25) is 0 Å². The van der Waals surface area contributed by atoms with E-state index in [0.29, 0.717) is 22.6 Å². The summed E-state index contributed by atoms with van der Waals surface area (Å²) in [5, 5.41) is 22.6. The predicted octanol–water partition coefficient (Wildman–Crippen LogP) is 9.21. The topological polar surface area (TPSA) is 80.9 Å². The molecule has 2 heterocycles. The van der Waals surface area contributed by atoms with Gasteiger partial charge in [0.25, 0.3) is 0 Å². The van der Waals surface area contributed by atoms with Gasteiger partial charge >= 0.3 is 5.97 Å². The molecule has 4 aromatic rings. The fourth-order valence-electron chi connectivity index (χ4n) is 6.36. The molecule has 0 atom stereocenters. The summed E-state index contributed by atoms with van der Waals surface area (Å²) in [6, 6.07) is 15.5. The Morgan fingerprint density at radius 3 is 2.07 bits per heavy atom. The molecule has 8 heteroatoms.